The molecule has 1 amide bonds. The average Bonchev–Trinajstić information content (AvgIpc) is 3.25. The van der Waals surface area contributed by atoms with Crippen LogP contribution in [0, 0.1) is 0 Å². The molecule has 0 aliphatic carbocycles. The van der Waals surface area contributed by atoms with Gasteiger partial charge in [0.1, 0.15) is 0 Å². The smallest absolute Gasteiger partial charge is 0.407 e. The summed E-state index contributed by atoms with van der Waals surface area (Å²) in [4.78, 5) is 36.8. The third-order valence-corrected chi connectivity index (χ3v) is 7.50. The van der Waals surface area contributed by atoms with Gasteiger partial charge in [0.15, 0.2) is 0 Å². The molecule has 0 spiro atoms. The van der Waals surface area contributed by atoms with Crippen molar-refractivity contribution in [1.82, 2.24) is 24.3 Å². The van der Waals surface area contributed by atoms with E-state index in [0.717, 1.165) is 23.1 Å². The molecule has 37 heavy (non-hydrogen) atoms. The molecule has 2 aromatic carbocycles. The number of likely N-dealkylation sites (tertiary alicyclic amines) is 1. The van der Waals surface area contributed by atoms with Gasteiger partial charge >= 0.3 is 11.8 Å². The van der Waals surface area contributed by atoms with Crippen LogP contribution in [0.2, 0.25) is 0 Å². The maximum absolute atomic E-state index is 13.0. The van der Waals surface area contributed by atoms with E-state index < -0.39 is 6.09 Å². The minimum absolute atomic E-state index is 0.0537. The number of benzene rings is 2. The molecular weight excluding hydrogens is 466 g/mol. The second-order valence-corrected chi connectivity index (χ2v) is 9.73. The van der Waals surface area contributed by atoms with Crippen LogP contribution in [-0.2, 0) is 13.1 Å². The molecule has 3 atom stereocenters. The number of fused-ring (bicyclic) bond motifs is 1. The number of hydrogen-bond acceptors (Lipinski definition) is 4. The number of H-pyrrole nitrogens is 1. The summed E-state index contributed by atoms with van der Waals surface area (Å²) >= 11 is 0. The maximum atomic E-state index is 13.0. The summed E-state index contributed by atoms with van der Waals surface area (Å²) in [7, 11) is 0. The van der Waals surface area contributed by atoms with Gasteiger partial charge in [-0.3, -0.25) is 14.5 Å². The minimum Gasteiger partial charge on any atom is -0.465 e. The molecular formula is C29H33N5O3. The van der Waals surface area contributed by atoms with Gasteiger partial charge in [-0.1, -0.05) is 55.5 Å². The van der Waals surface area contributed by atoms with Crippen LogP contribution in [0.1, 0.15) is 43.5 Å². The van der Waals surface area contributed by atoms with Crippen LogP contribution >= 0.6 is 0 Å². The number of imidazole rings is 1. The fraction of sp³-hybridized carbons (Fsp3) is 0.345. The zero-order valence-corrected chi connectivity index (χ0v) is 21.0. The fourth-order valence-electron chi connectivity index (χ4n) is 5.83. The highest BCUT2D eigenvalue weighted by Gasteiger charge is 2.40. The van der Waals surface area contributed by atoms with Gasteiger partial charge in [0, 0.05) is 37.9 Å². The van der Waals surface area contributed by atoms with Crippen molar-refractivity contribution in [2.45, 2.75) is 57.4 Å². The number of para-hydroxylation sites is 2. The van der Waals surface area contributed by atoms with E-state index in [0.29, 0.717) is 32.5 Å². The molecule has 3 unspecified atom stereocenters. The Kier molecular flexibility index (Phi) is 7.37. The molecule has 192 valence electrons. The molecule has 5 rings (SSSR count). The Morgan fingerprint density at radius 2 is 1.84 bits per heavy atom. The second-order valence-electron chi connectivity index (χ2n) is 9.73. The van der Waals surface area contributed by atoms with Gasteiger partial charge in [-0.25, -0.2) is 9.59 Å². The van der Waals surface area contributed by atoms with Crippen molar-refractivity contribution in [2.75, 3.05) is 6.54 Å². The molecule has 2 aromatic heterocycles. The molecule has 1 aliphatic heterocycles. The van der Waals surface area contributed by atoms with Crippen LogP contribution in [0.15, 0.2) is 83.8 Å². The summed E-state index contributed by atoms with van der Waals surface area (Å²) in [5.74, 6) is 0. The number of pyridine rings is 1. The summed E-state index contributed by atoms with van der Waals surface area (Å²) in [5, 5.41) is 10.2. The summed E-state index contributed by atoms with van der Waals surface area (Å²) in [6, 6.07) is 23.4. The number of hydrogen-bond donors (Lipinski definition) is 2. The maximum Gasteiger partial charge on any atom is 0.407 e. The normalized spacial score (nSPS) is 18.8. The van der Waals surface area contributed by atoms with Crippen LogP contribution in [0.25, 0.3) is 11.0 Å². The Bertz CT molecular complexity index is 1340. The Labute approximate surface area is 216 Å². The molecule has 0 bridgehead atoms. The van der Waals surface area contributed by atoms with Crippen LogP contribution in [-0.4, -0.2) is 54.2 Å². The standard InChI is InChI=1S/C29H33N5O3/c1-2-25(32(19-21-10-4-3-5-11-21)20-22-12-8-9-16-30-22)27-18-23(15-17-33(27)29(36)37)34-26-14-7-6-13-24(26)31-28(34)35/h3-14,16,23,25,27H,2,15,17-20H2,1H3,(H,31,35)(H,36,37). The van der Waals surface area contributed by atoms with Gasteiger partial charge in [-0.2, -0.15) is 0 Å². The van der Waals surface area contributed by atoms with Crippen LogP contribution < -0.4 is 5.69 Å². The van der Waals surface area contributed by atoms with Gasteiger partial charge in [-0.05, 0) is 49.1 Å². The van der Waals surface area contributed by atoms with Crippen molar-refractivity contribution in [3.05, 3.63) is 101 Å². The minimum atomic E-state index is -0.911. The van der Waals surface area contributed by atoms with E-state index in [1.165, 1.54) is 5.56 Å². The van der Waals surface area contributed by atoms with Gasteiger partial charge < -0.3 is 15.0 Å². The second kappa shape index (κ2) is 11.0. The Morgan fingerprint density at radius 1 is 1.08 bits per heavy atom. The third-order valence-electron chi connectivity index (χ3n) is 7.50. The Morgan fingerprint density at radius 3 is 2.57 bits per heavy atom. The van der Waals surface area contributed by atoms with E-state index in [9.17, 15) is 14.7 Å². The third kappa shape index (κ3) is 5.29. The van der Waals surface area contributed by atoms with E-state index >= 15 is 0 Å². The van der Waals surface area contributed by atoms with Gasteiger partial charge in [0.25, 0.3) is 0 Å². The molecule has 8 heteroatoms. The number of carboxylic acid groups (broad SMARTS) is 1. The molecule has 0 saturated carbocycles. The van der Waals surface area contributed by atoms with Gasteiger partial charge in [-0.15, -0.1) is 0 Å². The molecule has 1 fully saturated rings. The first-order valence-electron chi connectivity index (χ1n) is 12.9. The zero-order chi connectivity index (χ0) is 25.8. The topological polar surface area (TPSA) is 94.5 Å². The number of rotatable bonds is 8. The lowest BCUT2D eigenvalue weighted by Gasteiger charge is -2.45. The van der Waals surface area contributed by atoms with E-state index in [2.05, 4.69) is 33.9 Å². The lowest BCUT2D eigenvalue weighted by atomic mass is 9.89. The average molecular weight is 500 g/mol. The number of piperidine rings is 1. The molecule has 2 N–H and O–H groups in total. The fourth-order valence-corrected chi connectivity index (χ4v) is 5.83. The van der Waals surface area contributed by atoms with Crippen molar-refractivity contribution in [2.24, 2.45) is 0 Å². The summed E-state index contributed by atoms with van der Waals surface area (Å²) in [6.45, 7) is 3.78. The summed E-state index contributed by atoms with van der Waals surface area (Å²) in [6.07, 6.45) is 2.81. The largest absolute Gasteiger partial charge is 0.465 e. The van der Waals surface area contributed by atoms with Crippen molar-refractivity contribution < 1.29 is 9.90 Å². The summed E-state index contributed by atoms with van der Waals surface area (Å²) in [5.41, 5.74) is 3.63. The van der Waals surface area contributed by atoms with E-state index in [1.54, 1.807) is 11.1 Å². The predicted molar refractivity (Wildman–Crippen MR) is 143 cm³/mol. The SMILES string of the molecule is CCC(C1CC(n2c(=O)[nH]c3ccccc32)CCN1C(=O)O)N(Cc1ccccc1)Cc1ccccn1. The predicted octanol–water partition coefficient (Wildman–Crippen LogP) is 4.89. The first kappa shape index (κ1) is 24.8. The van der Waals surface area contributed by atoms with E-state index in [-0.39, 0.29) is 23.8 Å². The number of amides is 1. The van der Waals surface area contributed by atoms with Crippen LogP contribution in [0.5, 0.6) is 0 Å². The molecule has 3 heterocycles. The Balaban J connectivity index is 1.50. The Hall–Kier alpha value is -3.91. The van der Waals surface area contributed by atoms with Crippen LogP contribution in [0.3, 0.4) is 0 Å². The molecule has 8 nitrogen and oxygen atoms in total. The molecule has 4 aromatic rings. The monoisotopic (exact) mass is 499 g/mol. The first-order valence-corrected chi connectivity index (χ1v) is 12.9. The molecule has 1 saturated heterocycles. The first-order chi connectivity index (χ1) is 18.0. The number of aromatic nitrogens is 3. The number of carbonyl (C=O) groups is 1. The highest BCUT2D eigenvalue weighted by Crippen LogP contribution is 2.33. The number of nitrogens with zero attached hydrogens (tertiary/aromatic N) is 4. The zero-order valence-electron chi connectivity index (χ0n) is 21.0. The van der Waals surface area contributed by atoms with Gasteiger partial charge in [0.2, 0.25) is 0 Å². The number of nitrogens with one attached hydrogen (secondary N) is 1. The lowest BCUT2D eigenvalue weighted by Crippen LogP contribution is -2.56. The highest BCUT2D eigenvalue weighted by atomic mass is 16.4. The van der Waals surface area contributed by atoms with Crippen molar-refractivity contribution in [3.63, 3.8) is 0 Å². The van der Waals surface area contributed by atoms with E-state index in [4.69, 9.17) is 0 Å². The molecule has 0 radical (unpaired) electrons. The van der Waals surface area contributed by atoms with E-state index in [1.807, 2.05) is 65.2 Å². The molecule has 1 aliphatic rings. The van der Waals surface area contributed by atoms with Crippen molar-refractivity contribution >= 4 is 17.1 Å². The van der Waals surface area contributed by atoms with Crippen molar-refractivity contribution in [1.29, 1.82) is 0 Å². The summed E-state index contributed by atoms with van der Waals surface area (Å²) < 4.78 is 1.83. The highest BCUT2D eigenvalue weighted by molar-refractivity contribution is 5.75. The quantitative estimate of drug-likeness (QED) is 0.360. The number of aromatic amines is 1. The van der Waals surface area contributed by atoms with Gasteiger partial charge in [0.05, 0.1) is 22.8 Å². The van der Waals surface area contributed by atoms with Crippen molar-refractivity contribution in [3.8, 4) is 0 Å². The lowest BCUT2D eigenvalue weighted by molar-refractivity contribution is 0.0288. The van der Waals surface area contributed by atoms with Crippen LogP contribution in [0.4, 0.5) is 4.79 Å².